The molecule has 0 spiro atoms. The Morgan fingerprint density at radius 3 is 2.43 bits per heavy atom. The number of rotatable bonds is 4. The highest BCUT2D eigenvalue weighted by Crippen LogP contribution is 2.21. The molecule has 30 heavy (non-hydrogen) atoms. The van der Waals surface area contributed by atoms with Crippen molar-refractivity contribution in [2.75, 3.05) is 26.7 Å². The Bertz CT molecular complexity index is 632. The lowest BCUT2D eigenvalue weighted by Crippen LogP contribution is -2.60. The maximum atomic E-state index is 13.3. The summed E-state index contributed by atoms with van der Waals surface area (Å²) in [4.78, 5) is 39.8. The molecular formula is C23H41N3O4. The van der Waals surface area contributed by atoms with Gasteiger partial charge in [-0.05, 0) is 53.4 Å². The van der Waals surface area contributed by atoms with E-state index in [0.717, 1.165) is 12.8 Å². The molecule has 0 aromatic carbocycles. The maximum absolute atomic E-state index is 13.3. The van der Waals surface area contributed by atoms with Gasteiger partial charge in [-0.3, -0.25) is 14.9 Å². The third-order valence-corrected chi connectivity index (χ3v) is 5.71. The van der Waals surface area contributed by atoms with Gasteiger partial charge in [0, 0.05) is 25.6 Å². The molecule has 0 aromatic rings. The summed E-state index contributed by atoms with van der Waals surface area (Å²) in [7, 11) is 1.67. The summed E-state index contributed by atoms with van der Waals surface area (Å²) in [6.07, 6.45) is 6.05. The summed E-state index contributed by atoms with van der Waals surface area (Å²) in [6, 6.07) is 0.0932. The summed E-state index contributed by atoms with van der Waals surface area (Å²) >= 11 is 0. The first-order valence-electron chi connectivity index (χ1n) is 11.0. The van der Waals surface area contributed by atoms with Crippen molar-refractivity contribution in [2.24, 2.45) is 5.92 Å². The van der Waals surface area contributed by atoms with Gasteiger partial charge in [-0.2, -0.15) is 0 Å². The third-order valence-electron chi connectivity index (χ3n) is 5.71. The van der Waals surface area contributed by atoms with E-state index in [0.29, 0.717) is 19.4 Å². The van der Waals surface area contributed by atoms with Gasteiger partial charge in [0.2, 0.25) is 0 Å². The third kappa shape index (κ3) is 7.84. The van der Waals surface area contributed by atoms with Gasteiger partial charge in [-0.15, -0.1) is 0 Å². The molecule has 0 saturated heterocycles. The molecule has 0 unspecified atom stereocenters. The molecular weight excluding hydrogens is 382 g/mol. The van der Waals surface area contributed by atoms with Gasteiger partial charge in [0.05, 0.1) is 17.6 Å². The Balaban J connectivity index is 3.12. The molecule has 0 bridgehead atoms. The van der Waals surface area contributed by atoms with Crippen LogP contribution in [0.25, 0.3) is 0 Å². The molecule has 2 atom stereocenters. The highest BCUT2D eigenvalue weighted by atomic mass is 16.6. The second-order valence-corrected chi connectivity index (χ2v) is 9.37. The van der Waals surface area contributed by atoms with E-state index in [9.17, 15) is 14.4 Å². The van der Waals surface area contributed by atoms with Gasteiger partial charge >= 0.3 is 6.09 Å². The molecule has 7 heteroatoms. The first kappa shape index (κ1) is 26.3. The Kier molecular flexibility index (Phi) is 10.2. The van der Waals surface area contributed by atoms with Crippen LogP contribution >= 0.6 is 0 Å². The number of hydrogen-bond acceptors (Lipinski definition) is 6. The second kappa shape index (κ2) is 11.6. The Hall–Kier alpha value is -1.73. The monoisotopic (exact) mass is 423 g/mol. The lowest BCUT2D eigenvalue weighted by atomic mass is 9.83. The van der Waals surface area contributed by atoms with E-state index in [1.54, 1.807) is 7.05 Å². The predicted octanol–water partition coefficient (Wildman–Crippen LogP) is 3.08. The van der Waals surface area contributed by atoms with Crippen LogP contribution < -0.4 is 10.6 Å². The fraction of sp³-hybridized carbons (Fsp3) is 0.783. The van der Waals surface area contributed by atoms with Gasteiger partial charge < -0.3 is 15.0 Å². The molecule has 1 heterocycles. The van der Waals surface area contributed by atoms with Crippen LogP contribution in [0.15, 0.2) is 12.2 Å². The number of hydrogen-bond donors (Lipinski definition) is 2. The zero-order valence-corrected chi connectivity index (χ0v) is 19.8. The van der Waals surface area contributed by atoms with Crippen molar-refractivity contribution in [1.82, 2.24) is 15.5 Å². The maximum Gasteiger partial charge on any atom is 0.409 e. The summed E-state index contributed by atoms with van der Waals surface area (Å²) in [5.41, 5.74) is -1.58. The summed E-state index contributed by atoms with van der Waals surface area (Å²) in [6.45, 7) is 12.2. The first-order chi connectivity index (χ1) is 13.9. The average Bonchev–Trinajstić information content (AvgIpc) is 2.67. The number of ketones is 2. The molecule has 0 saturated carbocycles. The van der Waals surface area contributed by atoms with Crippen molar-refractivity contribution in [3.63, 3.8) is 0 Å². The normalized spacial score (nSPS) is 28.1. The largest absolute Gasteiger partial charge is 0.445 e. The molecule has 7 nitrogen and oxygen atoms in total. The molecule has 1 aliphatic heterocycles. The predicted molar refractivity (Wildman–Crippen MR) is 120 cm³/mol. The second-order valence-electron chi connectivity index (χ2n) is 9.37. The van der Waals surface area contributed by atoms with Crippen molar-refractivity contribution >= 4 is 17.7 Å². The molecule has 0 fully saturated rings. The smallest absolute Gasteiger partial charge is 0.409 e. The van der Waals surface area contributed by atoms with Crippen LogP contribution in [0, 0.1) is 5.92 Å². The van der Waals surface area contributed by atoms with E-state index in [-0.39, 0.29) is 36.7 Å². The fourth-order valence-electron chi connectivity index (χ4n) is 3.81. The number of amides is 1. The minimum absolute atomic E-state index is 0.0206. The molecule has 1 amide bonds. The number of Topliss-reactive ketones (excluding diaryl/α,β-unsaturated/α-hetero) is 2. The highest BCUT2D eigenvalue weighted by Gasteiger charge is 2.38. The average molecular weight is 424 g/mol. The zero-order valence-electron chi connectivity index (χ0n) is 19.8. The van der Waals surface area contributed by atoms with Crippen LogP contribution in [0.2, 0.25) is 0 Å². The lowest BCUT2D eigenvalue weighted by molar-refractivity contribution is -0.129. The number of carbonyl (C=O) groups excluding carboxylic acids is 3. The van der Waals surface area contributed by atoms with Crippen LogP contribution in [-0.4, -0.2) is 66.4 Å². The van der Waals surface area contributed by atoms with E-state index in [2.05, 4.69) is 10.6 Å². The first-order valence-corrected chi connectivity index (χ1v) is 11.0. The molecule has 2 N–H and O–H groups in total. The minimum Gasteiger partial charge on any atom is -0.445 e. The number of nitrogens with zero attached hydrogens (tertiary/aromatic N) is 1. The molecule has 1 rings (SSSR count). The van der Waals surface area contributed by atoms with Gasteiger partial charge in [0.25, 0.3) is 0 Å². The van der Waals surface area contributed by atoms with Gasteiger partial charge in [-0.1, -0.05) is 26.0 Å². The summed E-state index contributed by atoms with van der Waals surface area (Å²) in [5, 5.41) is 6.65. The molecule has 0 aliphatic carbocycles. The van der Waals surface area contributed by atoms with E-state index in [1.165, 1.54) is 4.90 Å². The number of ether oxygens (including phenoxy) is 1. The van der Waals surface area contributed by atoms with E-state index < -0.39 is 17.2 Å². The highest BCUT2D eigenvalue weighted by molar-refractivity contribution is 5.93. The van der Waals surface area contributed by atoms with Gasteiger partial charge in [0.15, 0.2) is 11.6 Å². The van der Waals surface area contributed by atoms with Crippen molar-refractivity contribution in [1.29, 1.82) is 0 Å². The van der Waals surface area contributed by atoms with E-state index in [1.807, 2.05) is 53.7 Å². The van der Waals surface area contributed by atoms with Crippen LogP contribution in [0.1, 0.15) is 67.2 Å². The van der Waals surface area contributed by atoms with Crippen molar-refractivity contribution in [3.05, 3.63) is 12.2 Å². The number of carbonyl (C=O) groups is 3. The summed E-state index contributed by atoms with van der Waals surface area (Å²) < 4.78 is 5.27. The van der Waals surface area contributed by atoms with Crippen molar-refractivity contribution in [3.8, 4) is 0 Å². The van der Waals surface area contributed by atoms with Gasteiger partial charge in [-0.25, -0.2) is 4.79 Å². The molecule has 0 aromatic heterocycles. The molecule has 172 valence electrons. The zero-order chi connectivity index (χ0) is 22.9. The number of allylic oxidation sites excluding steroid dienone is 1. The Morgan fingerprint density at radius 2 is 1.83 bits per heavy atom. The SMILES string of the molecule is CC(C)N[C@]1(C)CCN(C)C(=O)OCC=CCCC[C@@](C)(C(=O)C(C)C)NCC1=O. The topological polar surface area (TPSA) is 87.7 Å². The Morgan fingerprint density at radius 1 is 1.17 bits per heavy atom. The van der Waals surface area contributed by atoms with Crippen LogP contribution in [0.4, 0.5) is 4.79 Å². The molecule has 1 aliphatic rings. The summed E-state index contributed by atoms with van der Waals surface area (Å²) in [5.74, 6) is -0.0210. The van der Waals surface area contributed by atoms with Crippen LogP contribution in [0.5, 0.6) is 0 Å². The van der Waals surface area contributed by atoms with E-state index >= 15 is 0 Å². The van der Waals surface area contributed by atoms with Gasteiger partial charge in [0.1, 0.15) is 6.61 Å². The van der Waals surface area contributed by atoms with Crippen LogP contribution in [0.3, 0.4) is 0 Å². The van der Waals surface area contributed by atoms with E-state index in [4.69, 9.17) is 4.74 Å². The standard InChI is InChI=1S/C23H41N3O4/c1-17(2)20(28)23(6)12-10-8-9-11-15-30-21(29)26(7)14-13-22(5,25-18(3)4)19(27)16-24-23/h9,11,17-18,24-25H,8,10,12-16H2,1-7H3/t22-,23+/m1/s1. The molecule has 0 radical (unpaired) electrons. The lowest BCUT2D eigenvalue weighted by Gasteiger charge is -2.36. The quantitative estimate of drug-likeness (QED) is 0.676. The number of nitrogens with one attached hydrogen (secondary N) is 2. The number of cyclic esters (lactones) is 1. The van der Waals surface area contributed by atoms with Crippen molar-refractivity contribution in [2.45, 2.75) is 84.3 Å². The Labute approximate surface area is 182 Å². The fourth-order valence-corrected chi connectivity index (χ4v) is 3.81. The van der Waals surface area contributed by atoms with Crippen molar-refractivity contribution < 1.29 is 19.1 Å². The minimum atomic E-state index is -0.825. The van der Waals surface area contributed by atoms with Crippen LogP contribution in [-0.2, 0) is 14.3 Å².